The molecular weight excluding hydrogens is 645 g/mol. The Kier molecular flexibility index (Phi) is 6.68. The zero-order valence-corrected chi connectivity index (χ0v) is 29.0. The fourth-order valence-corrected chi connectivity index (χ4v) is 8.60. The van der Waals surface area contributed by atoms with E-state index >= 15 is 0 Å². The Morgan fingerprint density at radius 2 is 1.23 bits per heavy atom. The molecule has 53 heavy (non-hydrogen) atoms. The predicted molar refractivity (Wildman–Crippen MR) is 223 cm³/mol. The van der Waals surface area contributed by atoms with Crippen molar-refractivity contribution in [2.75, 3.05) is 4.90 Å². The highest BCUT2D eigenvalue weighted by Crippen LogP contribution is 2.44. The van der Waals surface area contributed by atoms with E-state index in [1.807, 2.05) is 12.1 Å². The molecule has 0 spiro atoms. The lowest BCUT2D eigenvalue weighted by Crippen LogP contribution is -2.12. The van der Waals surface area contributed by atoms with Crippen LogP contribution >= 0.6 is 0 Å². The van der Waals surface area contributed by atoms with Gasteiger partial charge in [0.25, 0.3) is 0 Å². The van der Waals surface area contributed by atoms with Gasteiger partial charge in [-0.05, 0) is 100 Å². The summed E-state index contributed by atoms with van der Waals surface area (Å²) in [6.07, 6.45) is 5.64. The summed E-state index contributed by atoms with van der Waals surface area (Å²) in [6, 6.07) is 63.8. The van der Waals surface area contributed by atoms with Crippen molar-refractivity contribution < 1.29 is 4.42 Å². The van der Waals surface area contributed by atoms with E-state index in [0.29, 0.717) is 0 Å². The summed E-state index contributed by atoms with van der Waals surface area (Å²) in [7, 11) is 0. The number of aromatic nitrogens is 1. The summed E-state index contributed by atoms with van der Waals surface area (Å²) in [5.41, 5.74) is 12.7. The highest BCUT2D eigenvalue weighted by atomic mass is 16.3. The second kappa shape index (κ2) is 11.9. The van der Waals surface area contributed by atoms with Crippen LogP contribution in [-0.2, 0) is 6.42 Å². The van der Waals surface area contributed by atoms with E-state index in [9.17, 15) is 0 Å². The molecule has 0 saturated heterocycles. The zero-order chi connectivity index (χ0) is 34.9. The molecule has 0 fully saturated rings. The van der Waals surface area contributed by atoms with Crippen LogP contribution in [0, 0.1) is 0 Å². The van der Waals surface area contributed by atoms with E-state index in [1.54, 1.807) is 0 Å². The number of allylic oxidation sites excluding steroid dienone is 1. The molecule has 2 aromatic heterocycles. The SMILES string of the molecule is C1=CC(n2c3ccccc3c3cc(-c4ccc(N(c5ccc6ccccc6c5)c5cccc6oc7ccccc7c56)cc4)ccc32)Cc2ccccc21. The average molecular weight is 679 g/mol. The van der Waals surface area contributed by atoms with Crippen molar-refractivity contribution in [2.45, 2.75) is 12.5 Å². The number of fused-ring (bicyclic) bond motifs is 8. The molecule has 0 amide bonds. The topological polar surface area (TPSA) is 21.3 Å². The maximum absolute atomic E-state index is 6.35. The molecule has 0 saturated carbocycles. The minimum Gasteiger partial charge on any atom is -0.456 e. The highest BCUT2D eigenvalue weighted by molar-refractivity contribution is 6.14. The maximum Gasteiger partial charge on any atom is 0.137 e. The number of rotatable bonds is 5. The maximum atomic E-state index is 6.35. The molecule has 1 atom stereocenters. The summed E-state index contributed by atoms with van der Waals surface area (Å²) < 4.78 is 8.89. The number of nitrogens with zero attached hydrogens (tertiary/aromatic N) is 2. The fraction of sp³-hybridized carbons (Fsp3) is 0.0400. The quantitative estimate of drug-likeness (QED) is 0.181. The Morgan fingerprint density at radius 3 is 2.15 bits per heavy atom. The molecule has 0 bridgehead atoms. The summed E-state index contributed by atoms with van der Waals surface area (Å²) in [5, 5.41) is 7.22. The number of hydrogen-bond acceptors (Lipinski definition) is 2. The summed E-state index contributed by atoms with van der Waals surface area (Å²) >= 11 is 0. The molecule has 250 valence electrons. The van der Waals surface area contributed by atoms with E-state index in [0.717, 1.165) is 45.4 Å². The van der Waals surface area contributed by atoms with Crippen LogP contribution in [-0.4, -0.2) is 4.57 Å². The number of benzene rings is 8. The Morgan fingerprint density at radius 1 is 0.509 bits per heavy atom. The lowest BCUT2D eigenvalue weighted by molar-refractivity contribution is 0.635. The van der Waals surface area contributed by atoms with Gasteiger partial charge in [-0.15, -0.1) is 0 Å². The minimum atomic E-state index is 0.260. The molecule has 1 aliphatic rings. The summed E-state index contributed by atoms with van der Waals surface area (Å²) in [5.74, 6) is 0. The van der Waals surface area contributed by atoms with Crippen LogP contribution in [0.2, 0.25) is 0 Å². The van der Waals surface area contributed by atoms with Crippen molar-refractivity contribution in [3.05, 3.63) is 193 Å². The molecule has 10 aromatic rings. The second-order valence-electron chi connectivity index (χ2n) is 14.1. The first kappa shape index (κ1) is 29.8. The van der Waals surface area contributed by atoms with Gasteiger partial charge in [0, 0.05) is 38.6 Å². The van der Waals surface area contributed by atoms with Crippen LogP contribution < -0.4 is 4.90 Å². The van der Waals surface area contributed by atoms with Gasteiger partial charge in [-0.2, -0.15) is 0 Å². The Balaban J connectivity index is 1.03. The monoisotopic (exact) mass is 678 g/mol. The Labute approximate surface area is 307 Å². The third kappa shape index (κ3) is 4.82. The molecule has 2 heterocycles. The lowest BCUT2D eigenvalue weighted by Gasteiger charge is -2.27. The van der Waals surface area contributed by atoms with Gasteiger partial charge in [0.2, 0.25) is 0 Å². The fourth-order valence-electron chi connectivity index (χ4n) is 8.60. The van der Waals surface area contributed by atoms with Gasteiger partial charge in [-0.3, -0.25) is 0 Å². The highest BCUT2D eigenvalue weighted by Gasteiger charge is 2.22. The molecule has 1 unspecified atom stereocenters. The third-order valence-corrected chi connectivity index (χ3v) is 11.1. The molecule has 0 N–H and O–H groups in total. The smallest absolute Gasteiger partial charge is 0.137 e. The predicted octanol–water partition coefficient (Wildman–Crippen LogP) is 13.8. The molecule has 1 aliphatic carbocycles. The normalized spacial score (nSPS) is 14.1. The number of anilines is 3. The Hall–Kier alpha value is -6.84. The first-order chi connectivity index (χ1) is 26.3. The van der Waals surface area contributed by atoms with Crippen molar-refractivity contribution in [3.63, 3.8) is 0 Å². The van der Waals surface area contributed by atoms with Gasteiger partial charge in [0.15, 0.2) is 0 Å². The van der Waals surface area contributed by atoms with Gasteiger partial charge in [0.05, 0.1) is 17.1 Å². The molecule has 8 aromatic carbocycles. The minimum absolute atomic E-state index is 0.260. The van der Waals surface area contributed by atoms with Crippen LogP contribution in [0.5, 0.6) is 0 Å². The van der Waals surface area contributed by atoms with Gasteiger partial charge in [-0.1, -0.05) is 127 Å². The number of furan rings is 1. The molecule has 0 radical (unpaired) electrons. The van der Waals surface area contributed by atoms with Crippen LogP contribution in [0.15, 0.2) is 186 Å². The summed E-state index contributed by atoms with van der Waals surface area (Å²) in [4.78, 5) is 2.37. The summed E-state index contributed by atoms with van der Waals surface area (Å²) in [6.45, 7) is 0. The van der Waals surface area contributed by atoms with Crippen LogP contribution in [0.1, 0.15) is 17.2 Å². The zero-order valence-electron chi connectivity index (χ0n) is 29.0. The van der Waals surface area contributed by atoms with E-state index in [1.165, 1.54) is 54.8 Å². The van der Waals surface area contributed by atoms with Crippen molar-refractivity contribution >= 4 is 77.7 Å². The molecule has 3 nitrogen and oxygen atoms in total. The van der Waals surface area contributed by atoms with E-state index in [2.05, 4.69) is 185 Å². The Bertz CT molecular complexity index is 3050. The van der Waals surface area contributed by atoms with Crippen molar-refractivity contribution in [3.8, 4) is 11.1 Å². The van der Waals surface area contributed by atoms with Gasteiger partial charge < -0.3 is 13.9 Å². The molecule has 0 aliphatic heterocycles. The number of hydrogen-bond donors (Lipinski definition) is 0. The third-order valence-electron chi connectivity index (χ3n) is 11.1. The van der Waals surface area contributed by atoms with E-state index in [4.69, 9.17) is 4.42 Å². The standard InChI is InChI=1S/C50H34N2O/c1-3-12-36-30-40(27-22-33(36)10-1)51(47-17-9-19-49-50(47)43-15-6-8-18-48(43)53-49)39-25-20-35(21-26-39)38-24-29-46-44(32-38)42-14-5-7-16-45(42)52(46)41-28-23-34-11-2-4-13-37(34)31-41/h1-30,32,41H,31H2. The van der Waals surface area contributed by atoms with Crippen LogP contribution in [0.3, 0.4) is 0 Å². The van der Waals surface area contributed by atoms with Crippen molar-refractivity contribution in [1.29, 1.82) is 0 Å². The van der Waals surface area contributed by atoms with Crippen molar-refractivity contribution in [2.24, 2.45) is 0 Å². The number of para-hydroxylation sites is 2. The molecule has 3 heteroatoms. The largest absolute Gasteiger partial charge is 0.456 e. The molecular formula is C50H34N2O. The second-order valence-corrected chi connectivity index (χ2v) is 14.1. The van der Waals surface area contributed by atoms with Crippen LogP contribution in [0.4, 0.5) is 17.1 Å². The molecule has 11 rings (SSSR count). The first-order valence-corrected chi connectivity index (χ1v) is 18.4. The van der Waals surface area contributed by atoms with Gasteiger partial charge in [0.1, 0.15) is 11.2 Å². The van der Waals surface area contributed by atoms with Gasteiger partial charge in [-0.25, -0.2) is 0 Å². The van der Waals surface area contributed by atoms with Crippen molar-refractivity contribution in [1.82, 2.24) is 4.57 Å². The van der Waals surface area contributed by atoms with E-state index < -0.39 is 0 Å². The average Bonchev–Trinajstić information content (AvgIpc) is 3.77. The van der Waals surface area contributed by atoms with Crippen LogP contribution in [0.25, 0.3) is 71.7 Å². The lowest BCUT2D eigenvalue weighted by atomic mass is 9.94. The van der Waals surface area contributed by atoms with E-state index in [-0.39, 0.29) is 6.04 Å². The first-order valence-electron chi connectivity index (χ1n) is 18.4. The van der Waals surface area contributed by atoms with Gasteiger partial charge >= 0.3 is 0 Å².